The van der Waals surface area contributed by atoms with Crippen LogP contribution in [-0.2, 0) is 37.9 Å². The van der Waals surface area contributed by atoms with Crippen molar-refractivity contribution in [1.82, 2.24) is 0 Å². The minimum Gasteiger partial charge on any atom is -0.394 e. The molecule has 0 aromatic carbocycles. The van der Waals surface area contributed by atoms with Gasteiger partial charge in [0.2, 0.25) is 0 Å². The van der Waals surface area contributed by atoms with Crippen molar-refractivity contribution < 1.29 is 104 Å². The smallest absolute Gasteiger partial charge is 0.186 e. The number of rotatable bonds is 14. The molecule has 0 radical (unpaired) electrons. The first kappa shape index (κ1) is 41.2. The highest BCUT2D eigenvalue weighted by Crippen LogP contribution is 2.29. The fourth-order valence-corrected chi connectivity index (χ4v) is 5.60. The second-order valence-corrected chi connectivity index (χ2v) is 12.1. The lowest BCUT2D eigenvalue weighted by atomic mass is 9.98. The van der Waals surface area contributed by atoms with Crippen LogP contribution in [0.4, 0.5) is 0 Å². The van der Waals surface area contributed by atoms with E-state index in [2.05, 4.69) is 10.0 Å². The maximum atomic E-state index is 10.5. The molecule has 290 valence electrons. The Labute approximate surface area is 282 Å². The summed E-state index contributed by atoms with van der Waals surface area (Å²) in [5.74, 6) is 0. The van der Waals surface area contributed by atoms with Gasteiger partial charge in [-0.15, -0.1) is 0 Å². The van der Waals surface area contributed by atoms with Crippen LogP contribution >= 0.6 is 0 Å². The summed E-state index contributed by atoms with van der Waals surface area (Å²) in [5.41, 5.74) is 8.37. The summed E-state index contributed by atoms with van der Waals surface area (Å²) < 4.78 is 43.3. The summed E-state index contributed by atoms with van der Waals surface area (Å²) >= 11 is 0. The number of ether oxygens (including phenoxy) is 8. The minimum atomic E-state index is -1.90. The molecule has 0 bridgehead atoms. The third-order valence-electron chi connectivity index (χ3n) is 8.66. The van der Waals surface area contributed by atoms with Crippen LogP contribution in [0, 0.1) is 0 Å². The summed E-state index contributed by atoms with van der Waals surface area (Å²) in [7, 11) is 0. The van der Waals surface area contributed by atoms with E-state index < -0.39 is 149 Å². The molecule has 0 aromatic heterocycles. The number of aliphatic hydroxyl groups excluding tert-OH is 13. The third-order valence-corrected chi connectivity index (χ3v) is 8.66. The SMILES string of the molecule is [N-]=[N+]=NCCO[C@@H]1O[C@H](CO[C@@H]2O[C@H](CO[C@@H]3O[C@H](CO[C@@H]4O[C@H](CO)[C@@H](O)[C@H](O)[C@H]4O)[C@@H](O)[C@H](O)[C@H]3O)[C@@H](O)[C@H](O)[C@H]2O)[C@@H](O)[C@H](O)[C@H]1O. The fourth-order valence-electron chi connectivity index (χ4n) is 5.60. The van der Waals surface area contributed by atoms with Gasteiger partial charge in [-0.05, 0) is 5.53 Å². The van der Waals surface area contributed by atoms with Crippen molar-refractivity contribution >= 4 is 0 Å². The first-order valence-electron chi connectivity index (χ1n) is 15.6. The van der Waals surface area contributed by atoms with E-state index in [-0.39, 0.29) is 13.2 Å². The van der Waals surface area contributed by atoms with Crippen LogP contribution in [0.15, 0.2) is 5.11 Å². The molecule has 4 heterocycles. The van der Waals surface area contributed by atoms with E-state index in [1.165, 1.54) is 0 Å². The first-order chi connectivity index (χ1) is 23.7. The molecule has 0 amide bonds. The van der Waals surface area contributed by atoms with Gasteiger partial charge in [0, 0.05) is 11.5 Å². The summed E-state index contributed by atoms with van der Waals surface area (Å²) in [6, 6.07) is 0. The predicted octanol–water partition coefficient (Wildman–Crippen LogP) is -8.41. The zero-order valence-corrected chi connectivity index (χ0v) is 26.2. The molecule has 13 N–H and O–H groups in total. The Bertz CT molecular complexity index is 1090. The quantitative estimate of drug-likeness (QED) is 0.0341. The van der Waals surface area contributed by atoms with Crippen LogP contribution in [0.5, 0.6) is 0 Å². The van der Waals surface area contributed by atoms with Gasteiger partial charge in [-0.25, -0.2) is 0 Å². The molecule has 24 heteroatoms. The molecule has 20 atom stereocenters. The van der Waals surface area contributed by atoms with Crippen molar-refractivity contribution in [3.63, 3.8) is 0 Å². The molecule has 4 rings (SSSR count). The normalized spacial score (nSPS) is 48.6. The lowest BCUT2D eigenvalue weighted by Gasteiger charge is -2.44. The zero-order valence-electron chi connectivity index (χ0n) is 26.2. The lowest BCUT2D eigenvalue weighted by Crippen LogP contribution is -2.63. The van der Waals surface area contributed by atoms with E-state index >= 15 is 0 Å². The van der Waals surface area contributed by atoms with Crippen molar-refractivity contribution in [1.29, 1.82) is 0 Å². The van der Waals surface area contributed by atoms with Crippen LogP contribution in [0.3, 0.4) is 0 Å². The Hall–Kier alpha value is -1.53. The number of hydrogen-bond donors (Lipinski definition) is 13. The second kappa shape index (κ2) is 18.5. The first-order valence-corrected chi connectivity index (χ1v) is 15.6. The summed E-state index contributed by atoms with van der Waals surface area (Å²) in [6.45, 7) is -3.03. The Morgan fingerprint density at radius 2 is 0.740 bits per heavy atom. The largest absolute Gasteiger partial charge is 0.394 e. The number of nitrogens with zero attached hydrogens (tertiary/aromatic N) is 3. The van der Waals surface area contributed by atoms with E-state index in [1.807, 2.05) is 0 Å². The maximum Gasteiger partial charge on any atom is 0.186 e. The Balaban J connectivity index is 1.33. The Morgan fingerprint density at radius 3 is 1.06 bits per heavy atom. The average molecular weight is 736 g/mol. The van der Waals surface area contributed by atoms with Crippen molar-refractivity contribution in [2.24, 2.45) is 5.11 Å². The highest BCUT2D eigenvalue weighted by Gasteiger charge is 2.50. The van der Waals surface area contributed by atoms with Gasteiger partial charge >= 0.3 is 0 Å². The molecule has 0 spiro atoms. The molecule has 50 heavy (non-hydrogen) atoms. The molecule has 0 unspecified atom stereocenters. The Kier molecular flexibility index (Phi) is 15.2. The van der Waals surface area contributed by atoms with Crippen LogP contribution in [0.2, 0.25) is 0 Å². The third kappa shape index (κ3) is 9.33. The zero-order chi connectivity index (χ0) is 36.9. The van der Waals surface area contributed by atoms with Gasteiger partial charge in [-0.2, -0.15) is 0 Å². The second-order valence-electron chi connectivity index (χ2n) is 12.1. The molecule has 0 aliphatic carbocycles. The van der Waals surface area contributed by atoms with Crippen molar-refractivity contribution in [2.45, 2.75) is 123 Å². The molecule has 24 nitrogen and oxygen atoms in total. The molecular formula is C26H45N3O21. The van der Waals surface area contributed by atoms with Gasteiger partial charge < -0.3 is 104 Å². The predicted molar refractivity (Wildman–Crippen MR) is 152 cm³/mol. The molecule has 4 saturated heterocycles. The van der Waals surface area contributed by atoms with Crippen molar-refractivity contribution in [2.75, 3.05) is 39.6 Å². The molecule has 4 aliphatic rings. The van der Waals surface area contributed by atoms with Crippen LogP contribution in [0.25, 0.3) is 10.4 Å². The number of aliphatic hydroxyl groups is 13. The van der Waals surface area contributed by atoms with Gasteiger partial charge in [0.25, 0.3) is 0 Å². The fraction of sp³-hybridized carbons (Fsp3) is 1.00. The average Bonchev–Trinajstić information content (AvgIpc) is 3.11. The standard InChI is InChI=1S/C26H45N3O21/c27-29-28-1-2-43-23-19(39)16(36)12(32)8(48-23)4-45-25-21(41)18(38)14(34)10(50-25)6-46-26-22(42)17(37)13(33)9(49-26)5-44-24-20(40)15(35)11(31)7(3-30)47-24/h7-26,30-42H,1-6H2/t7-,8-,9-,10-,11-,12-,13-,14-,15+,16+,17+,18+,19-,20-,21-,22-,23-,24-,25-,26-/m1/s1. The van der Waals surface area contributed by atoms with E-state index in [0.717, 1.165) is 0 Å². The van der Waals surface area contributed by atoms with Gasteiger partial charge in [0.05, 0.1) is 33.0 Å². The topological polar surface area (TPSA) is 386 Å². The maximum absolute atomic E-state index is 10.5. The lowest BCUT2D eigenvalue weighted by molar-refractivity contribution is -0.347. The van der Waals surface area contributed by atoms with Crippen molar-refractivity contribution in [3.8, 4) is 0 Å². The highest BCUT2D eigenvalue weighted by molar-refractivity contribution is 4.94. The molecule has 4 fully saturated rings. The van der Waals surface area contributed by atoms with Crippen LogP contribution in [-0.4, -0.2) is 229 Å². The van der Waals surface area contributed by atoms with Crippen LogP contribution in [0.1, 0.15) is 0 Å². The van der Waals surface area contributed by atoms with E-state index in [1.54, 1.807) is 0 Å². The van der Waals surface area contributed by atoms with E-state index in [0.29, 0.717) is 0 Å². The van der Waals surface area contributed by atoms with Gasteiger partial charge in [0.1, 0.15) is 97.7 Å². The number of azide groups is 1. The molecule has 0 saturated carbocycles. The Morgan fingerprint density at radius 1 is 0.440 bits per heavy atom. The summed E-state index contributed by atoms with van der Waals surface area (Å²) in [5, 5.41) is 136. The summed E-state index contributed by atoms with van der Waals surface area (Å²) in [6.07, 6.45) is -33.7. The van der Waals surface area contributed by atoms with Gasteiger partial charge in [0.15, 0.2) is 25.2 Å². The molecular weight excluding hydrogens is 690 g/mol. The van der Waals surface area contributed by atoms with Crippen LogP contribution < -0.4 is 0 Å². The van der Waals surface area contributed by atoms with E-state index in [4.69, 9.17) is 43.4 Å². The van der Waals surface area contributed by atoms with Crippen molar-refractivity contribution in [3.05, 3.63) is 10.4 Å². The van der Waals surface area contributed by atoms with Gasteiger partial charge in [-0.1, -0.05) is 5.11 Å². The van der Waals surface area contributed by atoms with Gasteiger partial charge in [-0.3, -0.25) is 0 Å². The highest BCUT2D eigenvalue weighted by atomic mass is 16.8. The van der Waals surface area contributed by atoms with E-state index in [9.17, 15) is 66.4 Å². The summed E-state index contributed by atoms with van der Waals surface area (Å²) in [4.78, 5) is 2.54. The number of hydrogen-bond acceptors (Lipinski definition) is 22. The monoisotopic (exact) mass is 735 g/mol. The minimum absolute atomic E-state index is 0.131. The molecule has 0 aromatic rings. The molecule has 4 aliphatic heterocycles.